The van der Waals surface area contributed by atoms with Crippen molar-refractivity contribution in [3.63, 3.8) is 0 Å². The van der Waals surface area contributed by atoms with Crippen LogP contribution in [0.15, 0.2) is 54.9 Å². The van der Waals surface area contributed by atoms with E-state index in [9.17, 15) is 19.1 Å². The van der Waals surface area contributed by atoms with Crippen molar-refractivity contribution in [2.45, 2.75) is 38.7 Å². The summed E-state index contributed by atoms with van der Waals surface area (Å²) in [6, 6.07) is 11.6. The molecule has 0 atom stereocenters. The first-order valence-corrected chi connectivity index (χ1v) is 11.5. The largest absolute Gasteiger partial charge is 0.456 e. The number of hydrogen-bond donors (Lipinski definition) is 2. The van der Waals surface area contributed by atoms with Crippen molar-refractivity contribution in [3.8, 4) is 23.3 Å². The molecule has 37 heavy (non-hydrogen) atoms. The number of unbranched alkanes of at least 4 members (excludes halogenated alkanes) is 1. The van der Waals surface area contributed by atoms with Crippen molar-refractivity contribution in [2.24, 2.45) is 5.73 Å². The van der Waals surface area contributed by atoms with Crippen LogP contribution in [-0.4, -0.2) is 47.0 Å². The van der Waals surface area contributed by atoms with Gasteiger partial charge in [-0.05, 0) is 62.6 Å². The number of anilines is 1. The fraction of sp³-hybridized carbons (Fsp3) is 0.286. The lowest BCUT2D eigenvalue weighted by atomic mass is 10.0. The fourth-order valence-electron chi connectivity index (χ4n) is 3.04. The standard InChI is InChI=1S/C17H23NO2.C11H8FN3O2/c1-17(2,20)11-10-14-8-9-15(7-5-6-12-19)16(13-14)18(3)4;12-10-2-1-8(6-15-10)17-7-3-4-14-9(5-7)11(13)16/h8-9,12-13,20H,5-7H2,1-4H3;1-6H,(H2,13,16). The average Bonchev–Trinajstić information content (AvgIpc) is 2.85. The summed E-state index contributed by atoms with van der Waals surface area (Å²) < 4.78 is 17.9. The summed E-state index contributed by atoms with van der Waals surface area (Å²) in [5.74, 6) is 5.30. The summed E-state index contributed by atoms with van der Waals surface area (Å²) in [6.45, 7) is 3.33. The normalized spacial score (nSPS) is 10.3. The summed E-state index contributed by atoms with van der Waals surface area (Å²) in [5.41, 5.74) is 7.39. The first-order chi connectivity index (χ1) is 17.5. The van der Waals surface area contributed by atoms with Gasteiger partial charge in [-0.15, -0.1) is 0 Å². The molecule has 0 unspecified atom stereocenters. The maximum Gasteiger partial charge on any atom is 0.267 e. The highest BCUT2D eigenvalue weighted by Crippen LogP contribution is 2.22. The second kappa shape index (κ2) is 13.7. The van der Waals surface area contributed by atoms with Gasteiger partial charge in [0.1, 0.15) is 29.1 Å². The van der Waals surface area contributed by atoms with Crippen molar-refractivity contribution in [1.29, 1.82) is 0 Å². The smallest absolute Gasteiger partial charge is 0.267 e. The number of aromatic nitrogens is 2. The molecular formula is C28H31FN4O4. The third-order valence-electron chi connectivity index (χ3n) is 4.77. The number of nitrogens with zero attached hydrogens (tertiary/aromatic N) is 3. The number of aryl methyl sites for hydroxylation is 1. The van der Waals surface area contributed by atoms with Gasteiger partial charge < -0.3 is 25.3 Å². The van der Waals surface area contributed by atoms with Crippen LogP contribution in [0.25, 0.3) is 0 Å². The molecule has 0 saturated carbocycles. The Bertz CT molecular complexity index is 1260. The molecule has 1 amide bonds. The lowest BCUT2D eigenvalue weighted by molar-refractivity contribution is -0.107. The van der Waals surface area contributed by atoms with E-state index in [2.05, 4.69) is 27.9 Å². The van der Waals surface area contributed by atoms with Crippen LogP contribution in [0.3, 0.4) is 0 Å². The first-order valence-electron chi connectivity index (χ1n) is 11.5. The van der Waals surface area contributed by atoms with Gasteiger partial charge in [0.15, 0.2) is 0 Å². The molecule has 0 radical (unpaired) electrons. The lowest BCUT2D eigenvalue weighted by Gasteiger charge is -2.18. The van der Waals surface area contributed by atoms with Gasteiger partial charge in [0.2, 0.25) is 5.95 Å². The molecule has 194 valence electrons. The maximum atomic E-state index is 12.6. The molecule has 0 aliphatic carbocycles. The number of aldehydes is 1. The predicted molar refractivity (Wildman–Crippen MR) is 140 cm³/mol. The Balaban J connectivity index is 0.000000263. The molecule has 3 rings (SSSR count). The third kappa shape index (κ3) is 10.5. The number of aliphatic hydroxyl groups is 1. The minimum atomic E-state index is -0.985. The molecule has 2 aromatic heterocycles. The van der Waals surface area contributed by atoms with E-state index < -0.39 is 17.5 Å². The third-order valence-corrected chi connectivity index (χ3v) is 4.77. The number of hydrogen-bond acceptors (Lipinski definition) is 7. The Morgan fingerprint density at radius 1 is 1.16 bits per heavy atom. The van der Waals surface area contributed by atoms with Crippen LogP contribution < -0.4 is 15.4 Å². The molecule has 2 heterocycles. The van der Waals surface area contributed by atoms with Crippen molar-refractivity contribution < 1.29 is 23.8 Å². The number of halogens is 1. The van der Waals surface area contributed by atoms with Gasteiger partial charge in [-0.25, -0.2) is 4.98 Å². The van der Waals surface area contributed by atoms with E-state index in [1.807, 2.05) is 31.1 Å². The van der Waals surface area contributed by atoms with E-state index in [-0.39, 0.29) is 5.69 Å². The van der Waals surface area contributed by atoms with Crippen LogP contribution in [0.5, 0.6) is 11.5 Å². The number of amides is 1. The van der Waals surface area contributed by atoms with Gasteiger partial charge >= 0.3 is 0 Å². The second-order valence-corrected chi connectivity index (χ2v) is 8.77. The summed E-state index contributed by atoms with van der Waals surface area (Å²) in [5, 5.41) is 9.64. The Morgan fingerprint density at radius 3 is 2.51 bits per heavy atom. The van der Waals surface area contributed by atoms with Crippen LogP contribution in [0.2, 0.25) is 0 Å². The number of nitrogens with two attached hydrogens (primary N) is 1. The Hall–Kier alpha value is -4.29. The summed E-state index contributed by atoms with van der Waals surface area (Å²) in [7, 11) is 3.98. The van der Waals surface area contributed by atoms with E-state index in [0.29, 0.717) is 17.9 Å². The van der Waals surface area contributed by atoms with Crippen molar-refractivity contribution in [1.82, 2.24) is 9.97 Å². The average molecular weight is 507 g/mol. The fourth-order valence-corrected chi connectivity index (χ4v) is 3.04. The Morgan fingerprint density at radius 2 is 1.92 bits per heavy atom. The molecule has 0 spiro atoms. The number of carbonyl (C=O) groups is 2. The van der Waals surface area contributed by atoms with Crippen molar-refractivity contribution >= 4 is 17.9 Å². The number of primary amides is 1. The maximum absolute atomic E-state index is 12.6. The van der Waals surface area contributed by atoms with E-state index in [1.54, 1.807) is 19.9 Å². The lowest BCUT2D eigenvalue weighted by Crippen LogP contribution is -2.14. The SMILES string of the molecule is CN(C)c1cc(C#CC(C)(C)O)ccc1CCCC=O.NC(=O)c1cc(Oc2ccc(F)nc2)ccn1. The molecule has 3 aromatic rings. The van der Waals surface area contributed by atoms with Gasteiger partial charge in [-0.2, -0.15) is 4.39 Å². The molecule has 0 aliphatic heterocycles. The Labute approximate surface area is 216 Å². The minimum absolute atomic E-state index is 0.0950. The van der Waals surface area contributed by atoms with Crippen LogP contribution in [0, 0.1) is 17.8 Å². The van der Waals surface area contributed by atoms with Crippen LogP contribution in [-0.2, 0) is 11.2 Å². The molecule has 9 heteroatoms. The van der Waals surface area contributed by atoms with Crippen molar-refractivity contribution in [2.75, 3.05) is 19.0 Å². The second-order valence-electron chi connectivity index (χ2n) is 8.77. The summed E-state index contributed by atoms with van der Waals surface area (Å²) in [6.07, 6.45) is 5.92. The topological polar surface area (TPSA) is 119 Å². The highest BCUT2D eigenvalue weighted by Gasteiger charge is 2.08. The van der Waals surface area contributed by atoms with Gasteiger partial charge in [0.05, 0.1) is 6.20 Å². The van der Waals surface area contributed by atoms with Gasteiger partial charge in [0, 0.05) is 44.0 Å². The molecule has 1 aromatic carbocycles. The summed E-state index contributed by atoms with van der Waals surface area (Å²) >= 11 is 0. The minimum Gasteiger partial charge on any atom is -0.456 e. The predicted octanol–water partition coefficient (Wildman–Crippen LogP) is 3.90. The molecular weight excluding hydrogens is 475 g/mol. The molecule has 0 bridgehead atoms. The van der Waals surface area contributed by atoms with E-state index in [1.165, 1.54) is 36.2 Å². The zero-order chi connectivity index (χ0) is 27.4. The highest BCUT2D eigenvalue weighted by atomic mass is 19.1. The number of carbonyl (C=O) groups excluding carboxylic acids is 2. The zero-order valence-electron chi connectivity index (χ0n) is 21.4. The molecule has 0 aliphatic rings. The van der Waals surface area contributed by atoms with E-state index in [4.69, 9.17) is 10.5 Å². The molecule has 8 nitrogen and oxygen atoms in total. The molecule has 0 fully saturated rings. The molecule has 3 N–H and O–H groups in total. The Kier molecular flexibility index (Phi) is 10.7. The van der Waals surface area contributed by atoms with Crippen LogP contribution in [0.4, 0.5) is 10.1 Å². The van der Waals surface area contributed by atoms with E-state index >= 15 is 0 Å². The monoisotopic (exact) mass is 506 g/mol. The highest BCUT2D eigenvalue weighted by molar-refractivity contribution is 5.91. The summed E-state index contributed by atoms with van der Waals surface area (Å²) in [4.78, 5) is 30.5. The van der Waals surface area contributed by atoms with E-state index in [0.717, 1.165) is 30.4 Å². The number of ether oxygens (including phenoxy) is 1. The molecule has 0 saturated heterocycles. The first kappa shape index (κ1) is 28.9. The van der Waals surface area contributed by atoms with Crippen molar-refractivity contribution in [3.05, 3.63) is 77.6 Å². The van der Waals surface area contributed by atoms with Gasteiger partial charge in [0.25, 0.3) is 5.91 Å². The van der Waals surface area contributed by atoms with Gasteiger partial charge in [-0.3, -0.25) is 9.78 Å². The van der Waals surface area contributed by atoms with Gasteiger partial charge in [-0.1, -0.05) is 17.9 Å². The quantitative estimate of drug-likeness (QED) is 0.206. The zero-order valence-corrected chi connectivity index (χ0v) is 21.4. The number of benzene rings is 1. The number of rotatable bonds is 8. The van der Waals surface area contributed by atoms with Crippen LogP contribution in [0.1, 0.15) is 48.3 Å². The van der Waals surface area contributed by atoms with Crippen LogP contribution >= 0.6 is 0 Å². The number of pyridine rings is 2.